The van der Waals surface area contributed by atoms with Crippen molar-refractivity contribution >= 4 is 24.0 Å². The maximum absolute atomic E-state index is 13.4. The Balaban J connectivity index is 1.74. The number of rotatable bonds is 9. The van der Waals surface area contributed by atoms with Crippen LogP contribution >= 0.6 is 0 Å². The van der Waals surface area contributed by atoms with Crippen molar-refractivity contribution in [3.05, 3.63) is 71.8 Å². The molecule has 1 heterocycles. The molecular weight excluding hydrogens is 394 g/mol. The van der Waals surface area contributed by atoms with Crippen LogP contribution in [0.4, 0.5) is 0 Å². The van der Waals surface area contributed by atoms with Crippen LogP contribution in [-0.2, 0) is 32.0 Å². The van der Waals surface area contributed by atoms with E-state index < -0.39 is 12.1 Å². The highest BCUT2D eigenvalue weighted by Crippen LogP contribution is 2.20. The van der Waals surface area contributed by atoms with Gasteiger partial charge in [-0.2, -0.15) is 0 Å². The Morgan fingerprint density at radius 1 is 1.00 bits per heavy atom. The van der Waals surface area contributed by atoms with Crippen LogP contribution in [0.1, 0.15) is 24.0 Å². The highest BCUT2D eigenvalue weighted by molar-refractivity contribution is 5.93. The summed E-state index contributed by atoms with van der Waals surface area (Å²) in [4.78, 5) is 50.6. The first-order chi connectivity index (χ1) is 15.1. The van der Waals surface area contributed by atoms with Gasteiger partial charge in [-0.05, 0) is 24.0 Å². The lowest BCUT2D eigenvalue weighted by atomic mass is 10.0. The van der Waals surface area contributed by atoms with Gasteiger partial charge < -0.3 is 20.3 Å². The Morgan fingerprint density at radius 2 is 1.65 bits per heavy atom. The van der Waals surface area contributed by atoms with Gasteiger partial charge in [0.15, 0.2) is 0 Å². The molecule has 3 amide bonds. The second-order valence-corrected chi connectivity index (χ2v) is 7.57. The van der Waals surface area contributed by atoms with Gasteiger partial charge in [-0.25, -0.2) is 0 Å². The topological polar surface area (TPSA) is 95.6 Å². The number of amides is 3. The minimum absolute atomic E-state index is 0.0847. The fourth-order valence-electron chi connectivity index (χ4n) is 3.84. The molecule has 0 saturated carbocycles. The van der Waals surface area contributed by atoms with Gasteiger partial charge in [0.25, 0.3) is 0 Å². The molecule has 31 heavy (non-hydrogen) atoms. The van der Waals surface area contributed by atoms with E-state index in [-0.39, 0.29) is 30.7 Å². The summed E-state index contributed by atoms with van der Waals surface area (Å²) in [5.74, 6) is -0.873. The Labute approximate surface area is 181 Å². The second-order valence-electron chi connectivity index (χ2n) is 7.57. The van der Waals surface area contributed by atoms with Crippen LogP contribution in [0.25, 0.3) is 0 Å². The Bertz CT molecular complexity index is 902. The SMILES string of the molecule is O=CCNC(=O)[C@@H]1CCCN1C(=O)C(Cc1ccccc1)NC(=O)Cc1ccccc1. The van der Waals surface area contributed by atoms with E-state index in [2.05, 4.69) is 10.6 Å². The fraction of sp³-hybridized carbons (Fsp3) is 0.333. The van der Waals surface area contributed by atoms with Crippen molar-refractivity contribution in [2.75, 3.05) is 13.1 Å². The predicted octanol–water partition coefficient (Wildman–Crippen LogP) is 1.26. The van der Waals surface area contributed by atoms with Crippen molar-refractivity contribution < 1.29 is 19.2 Å². The van der Waals surface area contributed by atoms with Crippen LogP contribution in [0.3, 0.4) is 0 Å². The van der Waals surface area contributed by atoms with E-state index in [0.29, 0.717) is 32.1 Å². The van der Waals surface area contributed by atoms with Gasteiger partial charge in [-0.15, -0.1) is 0 Å². The molecule has 1 fully saturated rings. The van der Waals surface area contributed by atoms with Crippen LogP contribution in [0, 0.1) is 0 Å². The lowest BCUT2D eigenvalue weighted by molar-refractivity contribution is -0.141. The molecule has 3 rings (SSSR count). The molecule has 0 bridgehead atoms. The summed E-state index contributed by atoms with van der Waals surface area (Å²) < 4.78 is 0. The standard InChI is InChI=1S/C24H27N3O4/c28-15-13-25-23(30)21-12-7-14-27(21)24(31)20(16-18-8-3-1-4-9-18)26-22(29)17-19-10-5-2-6-11-19/h1-6,8-11,15,20-21H,7,12-14,16-17H2,(H,25,30)(H,26,29)/t20?,21-/m0/s1. The molecule has 7 nitrogen and oxygen atoms in total. The number of carbonyl (C=O) groups is 4. The van der Waals surface area contributed by atoms with E-state index in [1.807, 2.05) is 60.7 Å². The molecule has 0 spiro atoms. The van der Waals surface area contributed by atoms with Gasteiger partial charge in [0.05, 0.1) is 13.0 Å². The third kappa shape index (κ3) is 6.25. The number of aldehydes is 1. The number of benzene rings is 2. The van der Waals surface area contributed by atoms with Crippen molar-refractivity contribution in [3.63, 3.8) is 0 Å². The van der Waals surface area contributed by atoms with E-state index in [0.717, 1.165) is 11.1 Å². The van der Waals surface area contributed by atoms with Crippen molar-refractivity contribution in [1.29, 1.82) is 0 Å². The minimum Gasteiger partial charge on any atom is -0.348 e. The van der Waals surface area contributed by atoms with Gasteiger partial charge in [-0.3, -0.25) is 14.4 Å². The highest BCUT2D eigenvalue weighted by atomic mass is 16.2. The number of hydrogen-bond acceptors (Lipinski definition) is 4. The summed E-state index contributed by atoms with van der Waals surface area (Å²) in [6.07, 6.45) is 2.34. The lowest BCUT2D eigenvalue weighted by Crippen LogP contribution is -2.54. The molecule has 2 atom stereocenters. The largest absolute Gasteiger partial charge is 0.348 e. The molecule has 1 unspecified atom stereocenters. The third-order valence-corrected chi connectivity index (χ3v) is 5.32. The number of nitrogens with one attached hydrogen (secondary N) is 2. The van der Waals surface area contributed by atoms with Gasteiger partial charge in [0, 0.05) is 13.0 Å². The quantitative estimate of drug-likeness (QED) is 0.596. The molecule has 2 aromatic carbocycles. The molecule has 2 aromatic rings. The fourth-order valence-corrected chi connectivity index (χ4v) is 3.84. The van der Waals surface area contributed by atoms with Crippen LogP contribution in [0.15, 0.2) is 60.7 Å². The Kier molecular flexibility index (Phi) is 7.92. The molecule has 0 aromatic heterocycles. The van der Waals surface area contributed by atoms with Crippen LogP contribution in [0.5, 0.6) is 0 Å². The molecule has 1 aliphatic rings. The average Bonchev–Trinajstić information content (AvgIpc) is 3.28. The summed E-state index contributed by atoms with van der Waals surface area (Å²) in [6.45, 7) is 0.358. The molecule has 2 N–H and O–H groups in total. The molecule has 7 heteroatoms. The molecule has 1 saturated heterocycles. The third-order valence-electron chi connectivity index (χ3n) is 5.32. The molecule has 1 aliphatic heterocycles. The summed E-state index contributed by atoms with van der Waals surface area (Å²) in [6, 6.07) is 17.4. The van der Waals surface area contributed by atoms with E-state index in [4.69, 9.17) is 0 Å². The molecular formula is C24H27N3O4. The highest BCUT2D eigenvalue weighted by Gasteiger charge is 2.37. The summed E-state index contributed by atoms with van der Waals surface area (Å²) in [5.41, 5.74) is 1.78. The lowest BCUT2D eigenvalue weighted by Gasteiger charge is -2.28. The first kappa shape index (κ1) is 22.2. The van der Waals surface area contributed by atoms with Crippen molar-refractivity contribution in [2.24, 2.45) is 0 Å². The maximum Gasteiger partial charge on any atom is 0.246 e. The zero-order valence-electron chi connectivity index (χ0n) is 17.3. The normalized spacial score (nSPS) is 16.4. The zero-order valence-corrected chi connectivity index (χ0v) is 17.3. The Morgan fingerprint density at radius 3 is 2.29 bits per heavy atom. The first-order valence-corrected chi connectivity index (χ1v) is 10.5. The van der Waals surface area contributed by atoms with Crippen LogP contribution in [-0.4, -0.2) is 54.1 Å². The van der Waals surface area contributed by atoms with Crippen molar-refractivity contribution in [1.82, 2.24) is 15.5 Å². The number of likely N-dealkylation sites (tertiary alicyclic amines) is 1. The monoisotopic (exact) mass is 421 g/mol. The van der Waals surface area contributed by atoms with Crippen LogP contribution in [0.2, 0.25) is 0 Å². The first-order valence-electron chi connectivity index (χ1n) is 10.5. The number of hydrogen-bond donors (Lipinski definition) is 2. The van der Waals surface area contributed by atoms with Gasteiger partial charge in [0.2, 0.25) is 17.7 Å². The number of nitrogens with zero attached hydrogens (tertiary/aromatic N) is 1. The molecule has 162 valence electrons. The molecule has 0 aliphatic carbocycles. The van der Waals surface area contributed by atoms with Crippen molar-refractivity contribution in [3.8, 4) is 0 Å². The average molecular weight is 421 g/mol. The van der Waals surface area contributed by atoms with Crippen molar-refractivity contribution in [2.45, 2.75) is 37.8 Å². The minimum atomic E-state index is -0.780. The van der Waals surface area contributed by atoms with Gasteiger partial charge in [-0.1, -0.05) is 60.7 Å². The molecule has 0 radical (unpaired) electrons. The predicted molar refractivity (Wildman–Crippen MR) is 116 cm³/mol. The zero-order chi connectivity index (χ0) is 22.1. The van der Waals surface area contributed by atoms with E-state index in [9.17, 15) is 19.2 Å². The van der Waals surface area contributed by atoms with Gasteiger partial charge >= 0.3 is 0 Å². The van der Waals surface area contributed by atoms with E-state index >= 15 is 0 Å². The maximum atomic E-state index is 13.4. The van der Waals surface area contributed by atoms with Gasteiger partial charge in [0.1, 0.15) is 18.4 Å². The van der Waals surface area contributed by atoms with E-state index in [1.165, 1.54) is 4.90 Å². The second kappa shape index (κ2) is 11.1. The Hall–Kier alpha value is -3.48. The summed E-state index contributed by atoms with van der Waals surface area (Å²) >= 11 is 0. The summed E-state index contributed by atoms with van der Waals surface area (Å²) in [5, 5.41) is 5.41. The summed E-state index contributed by atoms with van der Waals surface area (Å²) in [7, 11) is 0. The smallest absolute Gasteiger partial charge is 0.246 e. The van der Waals surface area contributed by atoms with Crippen LogP contribution < -0.4 is 10.6 Å². The number of carbonyl (C=O) groups excluding carboxylic acids is 4. The van der Waals surface area contributed by atoms with E-state index in [1.54, 1.807) is 0 Å².